The number of piperazine rings is 1. The van der Waals surface area contributed by atoms with Gasteiger partial charge in [-0.05, 0) is 0 Å². The number of hydrogen-bond acceptors (Lipinski definition) is 13. The first kappa shape index (κ1) is 26.2. The van der Waals surface area contributed by atoms with Gasteiger partial charge in [-0.25, -0.2) is 9.18 Å². The Bertz CT molecular complexity index is 1200. The number of nitrogens with one attached hydrogen (secondary N) is 2. The fourth-order valence-electron chi connectivity index (χ4n) is 3.67. The van der Waals surface area contributed by atoms with Crippen molar-refractivity contribution in [1.82, 2.24) is 29.8 Å². The summed E-state index contributed by atoms with van der Waals surface area (Å²) in [6.07, 6.45) is 1.25. The van der Waals surface area contributed by atoms with Crippen molar-refractivity contribution in [1.29, 1.82) is 0 Å². The van der Waals surface area contributed by atoms with Gasteiger partial charge in [0.15, 0.2) is 5.13 Å². The van der Waals surface area contributed by atoms with E-state index in [1.807, 2.05) is 4.90 Å². The maximum absolute atomic E-state index is 12.9. The van der Waals surface area contributed by atoms with Crippen LogP contribution in [0.2, 0.25) is 0 Å². The molecular weight excluding hydrogens is 533 g/mol. The van der Waals surface area contributed by atoms with E-state index in [1.165, 1.54) is 18.0 Å². The number of guanidine groups is 1. The predicted octanol–water partition coefficient (Wildman–Crippen LogP) is -2.29. The van der Waals surface area contributed by atoms with Crippen molar-refractivity contribution in [3.8, 4) is 0 Å². The molecule has 0 unspecified atom stereocenters. The zero-order valence-electron chi connectivity index (χ0n) is 19.0. The number of carbonyl (C=O) groups excluding carboxylic acids is 2. The van der Waals surface area contributed by atoms with Gasteiger partial charge >= 0.3 is 5.97 Å². The summed E-state index contributed by atoms with van der Waals surface area (Å²) in [6.45, 7) is 1.53. The summed E-state index contributed by atoms with van der Waals surface area (Å²) in [7, 11) is 0. The number of fused-ring (bicyclic) bond motifs is 1. The van der Waals surface area contributed by atoms with Crippen molar-refractivity contribution in [3.05, 3.63) is 17.1 Å². The van der Waals surface area contributed by atoms with Gasteiger partial charge in [0.2, 0.25) is 17.5 Å². The summed E-state index contributed by atoms with van der Waals surface area (Å²) in [6, 6.07) is -1.08. The van der Waals surface area contributed by atoms with Crippen LogP contribution in [-0.2, 0) is 19.2 Å². The van der Waals surface area contributed by atoms with Crippen molar-refractivity contribution in [3.63, 3.8) is 0 Å². The summed E-state index contributed by atoms with van der Waals surface area (Å²) >= 11 is 1.99. The average molecular weight is 556 g/mol. The number of thioether (sulfide) groups is 1. The van der Waals surface area contributed by atoms with Crippen molar-refractivity contribution in [2.45, 2.75) is 11.4 Å². The molecule has 19 heteroatoms. The quantitative estimate of drug-likeness (QED) is 0.0989. The van der Waals surface area contributed by atoms with Gasteiger partial charge in [0.1, 0.15) is 17.1 Å². The number of oxime groups is 1. The zero-order chi connectivity index (χ0) is 26.5. The molecule has 7 N–H and O–H groups in total. The molecule has 2 saturated heterocycles. The van der Waals surface area contributed by atoms with E-state index in [1.54, 1.807) is 0 Å². The van der Waals surface area contributed by atoms with Gasteiger partial charge < -0.3 is 36.9 Å². The van der Waals surface area contributed by atoms with Crippen molar-refractivity contribution < 1.29 is 28.7 Å². The van der Waals surface area contributed by atoms with Crippen LogP contribution in [0.25, 0.3) is 0 Å². The lowest BCUT2D eigenvalue weighted by Crippen LogP contribution is -2.71. The Morgan fingerprint density at radius 1 is 1.38 bits per heavy atom. The molecule has 3 aliphatic heterocycles. The Kier molecular flexibility index (Phi) is 8.14. The third-order valence-electron chi connectivity index (χ3n) is 5.37. The molecule has 2 fully saturated rings. The molecule has 198 valence electrons. The fourth-order valence-corrected chi connectivity index (χ4v) is 5.40. The number of nitrogens with two attached hydrogens (primary N) is 2. The zero-order valence-corrected chi connectivity index (χ0v) is 20.7. The largest absolute Gasteiger partial charge is 0.477 e. The number of amides is 2. The summed E-state index contributed by atoms with van der Waals surface area (Å²) in [5.41, 5.74) is 11.0. The minimum absolute atomic E-state index is 0.0361. The smallest absolute Gasteiger partial charge is 0.353 e. The number of carboxylic acid groups (broad SMARTS) is 1. The normalized spacial score (nSPS) is 22.7. The van der Waals surface area contributed by atoms with Crippen LogP contribution in [0.5, 0.6) is 0 Å². The number of aliphatic carboxylic acids is 1. The van der Waals surface area contributed by atoms with Gasteiger partial charge in [-0.2, -0.15) is 14.5 Å². The second-order valence-electron chi connectivity index (χ2n) is 7.61. The first-order valence-electron chi connectivity index (χ1n) is 10.7. The number of hydrogen-bond donors (Lipinski definition) is 5. The number of aromatic nitrogens is 2. The van der Waals surface area contributed by atoms with Crippen LogP contribution >= 0.6 is 23.3 Å². The predicted molar refractivity (Wildman–Crippen MR) is 132 cm³/mol. The lowest BCUT2D eigenvalue weighted by atomic mass is 10.0. The van der Waals surface area contributed by atoms with Gasteiger partial charge in [-0.15, -0.1) is 16.9 Å². The molecule has 0 aliphatic carbocycles. The molecule has 0 spiro atoms. The molecule has 2 atom stereocenters. The number of β-lactam (4-membered cyclic amide) rings is 1. The van der Waals surface area contributed by atoms with Crippen molar-refractivity contribution in [2.24, 2.45) is 21.1 Å². The molecule has 1 aromatic rings. The van der Waals surface area contributed by atoms with Crippen LogP contribution in [0.3, 0.4) is 0 Å². The monoisotopic (exact) mass is 555 g/mol. The maximum atomic E-state index is 12.9. The minimum Gasteiger partial charge on any atom is -0.477 e. The number of alkyl halides is 1. The molecule has 0 saturated carbocycles. The van der Waals surface area contributed by atoms with Gasteiger partial charge in [0.25, 0.3) is 18.7 Å². The average Bonchev–Trinajstić information content (AvgIpc) is 3.33. The van der Waals surface area contributed by atoms with E-state index in [0.29, 0.717) is 13.1 Å². The molecule has 0 bridgehead atoms. The molecule has 3 aliphatic rings. The molecule has 37 heavy (non-hydrogen) atoms. The van der Waals surface area contributed by atoms with Crippen molar-refractivity contribution in [2.75, 3.05) is 44.5 Å². The summed E-state index contributed by atoms with van der Waals surface area (Å²) < 4.78 is 16.3. The summed E-state index contributed by atoms with van der Waals surface area (Å²) in [5, 5.41) is 26.0. The number of rotatable bonds is 8. The lowest BCUT2D eigenvalue weighted by molar-refractivity contribution is -0.150. The maximum Gasteiger partial charge on any atom is 0.353 e. The number of anilines is 1. The van der Waals surface area contributed by atoms with Crippen LogP contribution in [0.1, 0.15) is 5.82 Å². The first-order chi connectivity index (χ1) is 17.8. The van der Waals surface area contributed by atoms with Crippen LogP contribution in [-0.4, -0.2) is 110 Å². The molecule has 16 nitrogen and oxygen atoms in total. The van der Waals surface area contributed by atoms with Gasteiger partial charge in [0, 0.05) is 49.0 Å². The SMILES string of the molecule is N/C(=N\N=C\C1=C(C(=O)O)N2C(=O)[C@@H](NC(=O)/C(=N\OCF)c3nsc(N)n3)[C@H]2SC1)N1CCNCC1. The van der Waals surface area contributed by atoms with E-state index >= 15 is 0 Å². The Morgan fingerprint density at radius 2 is 2.14 bits per heavy atom. The summed E-state index contributed by atoms with van der Waals surface area (Å²) in [4.78, 5) is 48.7. The highest BCUT2D eigenvalue weighted by Crippen LogP contribution is 2.40. The van der Waals surface area contributed by atoms with Crippen LogP contribution in [0.15, 0.2) is 26.6 Å². The topological polar surface area (TPSA) is 226 Å². The standard InChI is InChI=1S/C18H22FN11O5S2/c19-7-35-27-9(12-25-18(21)37-28-12)13(31)24-10-14(32)30-11(16(33)34)8(6-36-15(10)30)5-23-26-17(20)29-3-1-22-2-4-29/h5,10,15,22H,1-4,6-7H2,(H2,20,26)(H,24,31)(H,33,34)(H2,21,25,28)/b23-5+,27-9-/t10-,15-/m1/s1. The summed E-state index contributed by atoms with van der Waals surface area (Å²) in [5.74, 6) is -2.77. The third-order valence-corrected chi connectivity index (χ3v) is 7.22. The van der Waals surface area contributed by atoms with Crippen LogP contribution < -0.4 is 22.1 Å². The fraction of sp³-hybridized carbons (Fsp3) is 0.444. The number of halogens is 1. The molecule has 4 heterocycles. The van der Waals surface area contributed by atoms with Gasteiger partial charge in [-0.1, -0.05) is 5.16 Å². The van der Waals surface area contributed by atoms with E-state index in [0.717, 1.165) is 29.5 Å². The van der Waals surface area contributed by atoms with Crippen LogP contribution in [0.4, 0.5) is 9.52 Å². The highest BCUT2D eigenvalue weighted by atomic mass is 32.2. The molecular formula is C18H22FN11O5S2. The Balaban J connectivity index is 1.48. The van der Waals surface area contributed by atoms with Gasteiger partial charge in [-0.3, -0.25) is 14.5 Å². The molecule has 1 aromatic heterocycles. The van der Waals surface area contributed by atoms with E-state index in [4.69, 9.17) is 11.5 Å². The van der Waals surface area contributed by atoms with E-state index in [-0.39, 0.29) is 33.9 Å². The Hall–Kier alpha value is -3.84. The number of nitrogens with zero attached hydrogens (tertiary/aromatic N) is 7. The number of nitrogen functional groups attached to an aromatic ring is 1. The highest BCUT2D eigenvalue weighted by molar-refractivity contribution is 8.00. The van der Waals surface area contributed by atoms with Crippen molar-refractivity contribution >= 4 is 64.1 Å². The number of carbonyl (C=O) groups is 3. The van der Waals surface area contributed by atoms with E-state index < -0.39 is 41.8 Å². The lowest BCUT2D eigenvalue weighted by Gasteiger charge is -2.49. The Morgan fingerprint density at radius 3 is 2.78 bits per heavy atom. The molecule has 0 aromatic carbocycles. The second kappa shape index (κ2) is 11.5. The molecule has 2 amide bonds. The third kappa shape index (κ3) is 5.62. The molecule has 4 rings (SSSR count). The van der Waals surface area contributed by atoms with E-state index in [9.17, 15) is 23.9 Å². The second-order valence-corrected chi connectivity index (χ2v) is 9.50. The minimum atomic E-state index is -1.34. The van der Waals surface area contributed by atoms with E-state index in [2.05, 4.69) is 40.2 Å². The van der Waals surface area contributed by atoms with Gasteiger partial charge in [0.05, 0.1) is 6.21 Å². The number of carboxylic acids is 1. The van der Waals surface area contributed by atoms with Crippen LogP contribution in [0, 0.1) is 0 Å². The molecule has 0 radical (unpaired) electrons. The Labute approximate surface area is 216 Å². The first-order valence-corrected chi connectivity index (χ1v) is 12.5. The highest BCUT2D eigenvalue weighted by Gasteiger charge is 2.54.